The second-order valence-electron chi connectivity index (χ2n) is 9.05. The quantitative estimate of drug-likeness (QED) is 0.472. The van der Waals surface area contributed by atoms with E-state index in [4.69, 9.17) is 4.74 Å². The van der Waals surface area contributed by atoms with Crippen LogP contribution < -0.4 is 15.0 Å². The molecule has 3 aromatic carbocycles. The van der Waals surface area contributed by atoms with Gasteiger partial charge < -0.3 is 15.0 Å². The number of amides is 2. The summed E-state index contributed by atoms with van der Waals surface area (Å²) in [6.45, 7) is 2.83. The number of rotatable bonds is 8. The van der Waals surface area contributed by atoms with Crippen molar-refractivity contribution >= 4 is 33.2 Å². The number of anilines is 2. The van der Waals surface area contributed by atoms with Crippen molar-refractivity contribution < 1.29 is 22.7 Å². The number of carbonyl (C=O) groups excluding carboxylic acids is 2. The van der Waals surface area contributed by atoms with Crippen LogP contribution in [-0.2, 0) is 14.8 Å². The van der Waals surface area contributed by atoms with E-state index in [1.54, 1.807) is 60.5 Å². The van der Waals surface area contributed by atoms with E-state index in [2.05, 4.69) is 5.32 Å². The van der Waals surface area contributed by atoms with Crippen LogP contribution >= 0.6 is 0 Å². The Bertz CT molecular complexity index is 1330. The van der Waals surface area contributed by atoms with E-state index < -0.39 is 10.0 Å². The molecule has 0 unspecified atom stereocenters. The molecular formula is C28H31N3O5S. The topological polar surface area (TPSA) is 96.0 Å². The van der Waals surface area contributed by atoms with Gasteiger partial charge in [0.1, 0.15) is 5.75 Å². The molecule has 0 saturated carbocycles. The van der Waals surface area contributed by atoms with Crippen molar-refractivity contribution in [3.8, 4) is 5.75 Å². The van der Waals surface area contributed by atoms with Crippen LogP contribution in [-0.4, -0.2) is 51.3 Å². The van der Waals surface area contributed by atoms with Crippen molar-refractivity contribution in [2.75, 3.05) is 37.0 Å². The molecule has 0 aromatic heterocycles. The Balaban J connectivity index is 1.28. The maximum atomic E-state index is 12.8. The Kier molecular flexibility index (Phi) is 8.25. The molecule has 3 aromatic rings. The van der Waals surface area contributed by atoms with E-state index in [0.717, 1.165) is 24.8 Å². The number of hydrogen-bond donors (Lipinski definition) is 1. The third kappa shape index (κ3) is 6.55. The molecule has 1 saturated heterocycles. The number of sulfonamides is 1. The third-order valence-corrected chi connectivity index (χ3v) is 8.20. The highest BCUT2D eigenvalue weighted by Crippen LogP contribution is 2.23. The molecule has 2 amide bonds. The Labute approximate surface area is 217 Å². The SMILES string of the molecule is Cc1ccc(C(=O)N(C)c2ccc(OCC(=O)Nc3ccc(S(=O)(=O)N4CCCCC4)cc3)cc2)cc1. The predicted octanol–water partition coefficient (Wildman–Crippen LogP) is 4.46. The van der Waals surface area contributed by atoms with Crippen molar-refractivity contribution in [1.82, 2.24) is 4.31 Å². The molecule has 1 aliphatic rings. The number of ether oxygens (including phenoxy) is 1. The van der Waals surface area contributed by atoms with Crippen molar-refractivity contribution in [3.63, 3.8) is 0 Å². The molecule has 1 aliphatic heterocycles. The normalized spacial score (nSPS) is 14.1. The zero-order valence-electron chi connectivity index (χ0n) is 21.0. The lowest BCUT2D eigenvalue weighted by atomic mass is 10.1. The molecule has 0 atom stereocenters. The number of aryl methyl sites for hydroxylation is 1. The number of benzene rings is 3. The van der Waals surface area contributed by atoms with Crippen LogP contribution in [0.15, 0.2) is 77.7 Å². The van der Waals surface area contributed by atoms with Gasteiger partial charge in [-0.25, -0.2) is 8.42 Å². The summed E-state index contributed by atoms with van der Waals surface area (Å²) in [4.78, 5) is 26.8. The minimum atomic E-state index is -3.51. The Morgan fingerprint density at radius 2 is 1.51 bits per heavy atom. The lowest BCUT2D eigenvalue weighted by molar-refractivity contribution is -0.118. The largest absolute Gasteiger partial charge is 0.484 e. The highest BCUT2D eigenvalue weighted by molar-refractivity contribution is 7.89. The van der Waals surface area contributed by atoms with Gasteiger partial charge in [-0.1, -0.05) is 24.1 Å². The van der Waals surface area contributed by atoms with E-state index >= 15 is 0 Å². The van der Waals surface area contributed by atoms with Crippen LogP contribution in [0.2, 0.25) is 0 Å². The second-order valence-corrected chi connectivity index (χ2v) is 11.0. The molecule has 4 rings (SSSR count). The van der Waals surface area contributed by atoms with Gasteiger partial charge in [-0.05, 0) is 80.4 Å². The van der Waals surface area contributed by atoms with Crippen molar-refractivity contribution in [3.05, 3.63) is 83.9 Å². The molecule has 194 valence electrons. The molecule has 37 heavy (non-hydrogen) atoms. The van der Waals surface area contributed by atoms with E-state index in [0.29, 0.717) is 35.8 Å². The standard InChI is InChI=1S/C28H31N3O5S/c1-21-6-8-22(9-7-21)28(33)30(2)24-12-14-25(15-13-24)36-20-27(32)29-23-10-16-26(17-11-23)37(34,35)31-18-4-3-5-19-31/h6-17H,3-5,18-20H2,1-2H3,(H,29,32). The number of nitrogens with zero attached hydrogens (tertiary/aromatic N) is 2. The average Bonchev–Trinajstić information content (AvgIpc) is 2.92. The van der Waals surface area contributed by atoms with Gasteiger partial charge in [-0.3, -0.25) is 9.59 Å². The van der Waals surface area contributed by atoms with Crippen LogP contribution in [0.3, 0.4) is 0 Å². The summed E-state index contributed by atoms with van der Waals surface area (Å²) in [7, 11) is -1.81. The molecule has 1 fully saturated rings. The van der Waals surface area contributed by atoms with Gasteiger partial charge in [0.2, 0.25) is 10.0 Å². The average molecular weight is 522 g/mol. The summed E-state index contributed by atoms with van der Waals surface area (Å²) in [6.07, 6.45) is 2.80. The van der Waals surface area contributed by atoms with Gasteiger partial charge in [-0.2, -0.15) is 4.31 Å². The van der Waals surface area contributed by atoms with E-state index in [1.165, 1.54) is 16.4 Å². The lowest BCUT2D eigenvalue weighted by Crippen LogP contribution is -2.35. The summed E-state index contributed by atoms with van der Waals surface area (Å²) in [5.41, 5.74) is 2.87. The lowest BCUT2D eigenvalue weighted by Gasteiger charge is -2.25. The maximum Gasteiger partial charge on any atom is 0.262 e. The van der Waals surface area contributed by atoms with Crippen LogP contribution in [0, 0.1) is 6.92 Å². The minimum absolute atomic E-state index is 0.122. The van der Waals surface area contributed by atoms with Crippen molar-refractivity contribution in [1.29, 1.82) is 0 Å². The van der Waals surface area contributed by atoms with E-state index in [1.807, 2.05) is 19.1 Å². The van der Waals surface area contributed by atoms with Gasteiger partial charge in [-0.15, -0.1) is 0 Å². The van der Waals surface area contributed by atoms with Gasteiger partial charge in [0.15, 0.2) is 6.61 Å². The fraction of sp³-hybridized carbons (Fsp3) is 0.286. The van der Waals surface area contributed by atoms with Gasteiger partial charge >= 0.3 is 0 Å². The fourth-order valence-corrected chi connectivity index (χ4v) is 5.60. The molecule has 9 heteroatoms. The molecule has 0 radical (unpaired) electrons. The maximum absolute atomic E-state index is 12.8. The summed E-state index contributed by atoms with van der Waals surface area (Å²) in [5, 5.41) is 2.71. The van der Waals surface area contributed by atoms with Crippen molar-refractivity contribution in [2.24, 2.45) is 0 Å². The predicted molar refractivity (Wildman–Crippen MR) is 144 cm³/mol. The summed E-state index contributed by atoms with van der Waals surface area (Å²) < 4.78 is 32.6. The first-order valence-corrected chi connectivity index (χ1v) is 13.7. The molecule has 0 aliphatic carbocycles. The number of carbonyl (C=O) groups is 2. The molecule has 0 bridgehead atoms. The Hall–Kier alpha value is -3.69. The fourth-order valence-electron chi connectivity index (χ4n) is 4.08. The first-order valence-electron chi connectivity index (χ1n) is 12.2. The van der Waals surface area contributed by atoms with Crippen LogP contribution in [0.25, 0.3) is 0 Å². The number of nitrogens with one attached hydrogen (secondary N) is 1. The number of hydrogen-bond acceptors (Lipinski definition) is 5. The smallest absolute Gasteiger partial charge is 0.262 e. The van der Waals surface area contributed by atoms with Gasteiger partial charge in [0, 0.05) is 37.1 Å². The molecular weight excluding hydrogens is 490 g/mol. The Morgan fingerprint density at radius 3 is 2.14 bits per heavy atom. The first kappa shape index (κ1) is 26.4. The van der Waals surface area contributed by atoms with Crippen molar-refractivity contribution in [2.45, 2.75) is 31.1 Å². The molecule has 1 heterocycles. The van der Waals surface area contributed by atoms with E-state index in [-0.39, 0.29) is 23.3 Å². The van der Waals surface area contributed by atoms with Gasteiger partial charge in [0.05, 0.1) is 4.90 Å². The zero-order valence-corrected chi connectivity index (χ0v) is 21.8. The first-order chi connectivity index (χ1) is 17.7. The molecule has 8 nitrogen and oxygen atoms in total. The number of piperidine rings is 1. The third-order valence-electron chi connectivity index (χ3n) is 6.29. The summed E-state index contributed by atoms with van der Waals surface area (Å²) in [5.74, 6) is -0.0109. The van der Waals surface area contributed by atoms with Crippen LogP contribution in [0.1, 0.15) is 35.2 Å². The zero-order chi connectivity index (χ0) is 26.4. The molecule has 1 N–H and O–H groups in total. The van der Waals surface area contributed by atoms with Crippen LogP contribution in [0.5, 0.6) is 5.75 Å². The van der Waals surface area contributed by atoms with Gasteiger partial charge in [0.25, 0.3) is 11.8 Å². The van der Waals surface area contributed by atoms with Crippen LogP contribution in [0.4, 0.5) is 11.4 Å². The highest BCUT2D eigenvalue weighted by Gasteiger charge is 2.25. The monoisotopic (exact) mass is 521 g/mol. The second kappa shape index (κ2) is 11.6. The molecule has 0 spiro atoms. The summed E-state index contributed by atoms with van der Waals surface area (Å²) in [6, 6.07) is 20.4. The Morgan fingerprint density at radius 1 is 0.892 bits per heavy atom. The summed E-state index contributed by atoms with van der Waals surface area (Å²) >= 11 is 0. The van der Waals surface area contributed by atoms with E-state index in [9.17, 15) is 18.0 Å². The highest BCUT2D eigenvalue weighted by atomic mass is 32.2. The minimum Gasteiger partial charge on any atom is -0.484 e.